The predicted octanol–water partition coefficient (Wildman–Crippen LogP) is 3.20. The number of pyridine rings is 1. The van der Waals surface area contributed by atoms with Gasteiger partial charge in [-0.15, -0.1) is 12.4 Å². The molecule has 5 heteroatoms. The van der Waals surface area contributed by atoms with E-state index in [2.05, 4.69) is 38.0 Å². The van der Waals surface area contributed by atoms with Gasteiger partial charge >= 0.3 is 0 Å². The number of piperidine rings is 1. The Balaban J connectivity index is 0.00000200. The predicted molar refractivity (Wildman–Crippen MR) is 83.0 cm³/mol. The fourth-order valence-electron chi connectivity index (χ4n) is 3.06. The Labute approximate surface area is 127 Å². The number of rotatable bonds is 3. The normalized spacial score (nSPS) is 20.9. The molecule has 0 atom stereocenters. The van der Waals surface area contributed by atoms with Crippen LogP contribution in [0.25, 0.3) is 0 Å². The van der Waals surface area contributed by atoms with Gasteiger partial charge in [-0.3, -0.25) is 0 Å². The van der Waals surface area contributed by atoms with Crippen molar-refractivity contribution in [1.82, 2.24) is 10.3 Å². The molecule has 2 rings (SSSR count). The summed E-state index contributed by atoms with van der Waals surface area (Å²) in [4.78, 5) is 4.32. The monoisotopic (exact) mass is 300 g/mol. The fourth-order valence-corrected chi connectivity index (χ4v) is 3.06. The van der Waals surface area contributed by atoms with Gasteiger partial charge in [-0.05, 0) is 27.7 Å². The van der Waals surface area contributed by atoms with Gasteiger partial charge in [0.2, 0.25) is 11.8 Å². The van der Waals surface area contributed by atoms with E-state index in [1.54, 1.807) is 7.11 Å². The van der Waals surface area contributed by atoms with Crippen molar-refractivity contribution < 1.29 is 9.47 Å². The molecule has 0 spiro atoms. The van der Waals surface area contributed by atoms with E-state index in [4.69, 9.17) is 9.47 Å². The van der Waals surface area contributed by atoms with E-state index < -0.39 is 0 Å². The minimum Gasteiger partial charge on any atom is -0.481 e. The first-order chi connectivity index (χ1) is 8.80. The van der Waals surface area contributed by atoms with Gasteiger partial charge in [0.25, 0.3) is 0 Å². The maximum absolute atomic E-state index is 6.04. The standard InChI is InChI=1S/C15H24N2O2.ClH/c1-14(2)9-11(10-15(3,4)17-14)19-13-8-6-7-12(16-13)18-5;/h6-8,11,17H,9-10H2,1-5H3;1H. The lowest BCUT2D eigenvalue weighted by atomic mass is 9.81. The molecule has 0 saturated carbocycles. The molecule has 0 radical (unpaired) electrons. The smallest absolute Gasteiger partial charge is 0.216 e. The fraction of sp³-hybridized carbons (Fsp3) is 0.667. The van der Waals surface area contributed by atoms with Crippen LogP contribution < -0.4 is 14.8 Å². The maximum Gasteiger partial charge on any atom is 0.216 e. The van der Waals surface area contributed by atoms with E-state index >= 15 is 0 Å². The third-order valence-corrected chi connectivity index (χ3v) is 3.35. The van der Waals surface area contributed by atoms with E-state index in [0.29, 0.717) is 11.8 Å². The number of ether oxygens (including phenoxy) is 2. The van der Waals surface area contributed by atoms with Crippen LogP contribution >= 0.6 is 12.4 Å². The lowest BCUT2D eigenvalue weighted by Crippen LogP contribution is -2.60. The second-order valence-electron chi connectivity index (χ2n) is 6.56. The van der Waals surface area contributed by atoms with E-state index in [9.17, 15) is 0 Å². The highest BCUT2D eigenvalue weighted by Crippen LogP contribution is 2.31. The molecule has 0 aliphatic carbocycles. The number of halogens is 1. The molecule has 20 heavy (non-hydrogen) atoms. The van der Waals surface area contributed by atoms with Crippen LogP contribution in [0.3, 0.4) is 0 Å². The summed E-state index contributed by atoms with van der Waals surface area (Å²) in [6, 6.07) is 5.60. The second-order valence-corrected chi connectivity index (χ2v) is 6.56. The number of hydrogen-bond donors (Lipinski definition) is 1. The van der Waals surface area contributed by atoms with E-state index in [1.807, 2.05) is 18.2 Å². The summed E-state index contributed by atoms with van der Waals surface area (Å²) in [6.07, 6.45) is 2.11. The molecular weight excluding hydrogens is 276 g/mol. The lowest BCUT2D eigenvalue weighted by Gasteiger charge is -2.46. The summed E-state index contributed by atoms with van der Waals surface area (Å²) in [6.45, 7) is 8.85. The lowest BCUT2D eigenvalue weighted by molar-refractivity contribution is 0.0527. The minimum atomic E-state index is 0. The molecule has 1 aromatic heterocycles. The molecule has 0 bridgehead atoms. The maximum atomic E-state index is 6.04. The van der Waals surface area contributed by atoms with Crippen molar-refractivity contribution >= 4 is 12.4 Å². The molecular formula is C15H25ClN2O2. The van der Waals surface area contributed by atoms with Crippen molar-refractivity contribution in [3.05, 3.63) is 18.2 Å². The molecule has 1 fully saturated rings. The number of nitrogens with one attached hydrogen (secondary N) is 1. The van der Waals surface area contributed by atoms with Gasteiger partial charge in [-0.25, -0.2) is 0 Å². The molecule has 1 N–H and O–H groups in total. The summed E-state index contributed by atoms with van der Waals surface area (Å²) in [5.41, 5.74) is 0.149. The summed E-state index contributed by atoms with van der Waals surface area (Å²) in [5.74, 6) is 1.22. The number of aromatic nitrogens is 1. The average molecular weight is 301 g/mol. The average Bonchev–Trinajstić information content (AvgIpc) is 2.24. The van der Waals surface area contributed by atoms with Crippen LogP contribution in [0.2, 0.25) is 0 Å². The van der Waals surface area contributed by atoms with Gasteiger partial charge in [0.15, 0.2) is 0 Å². The molecule has 114 valence electrons. The third-order valence-electron chi connectivity index (χ3n) is 3.35. The first kappa shape index (κ1) is 17.1. The van der Waals surface area contributed by atoms with E-state index in [0.717, 1.165) is 12.8 Å². The zero-order chi connectivity index (χ0) is 14.1. The third kappa shape index (κ3) is 4.53. The van der Waals surface area contributed by atoms with Crippen LogP contribution in [0.15, 0.2) is 18.2 Å². The van der Waals surface area contributed by atoms with Gasteiger partial charge in [-0.1, -0.05) is 6.07 Å². The Morgan fingerprint density at radius 1 is 1.10 bits per heavy atom. The van der Waals surface area contributed by atoms with Crippen molar-refractivity contribution in [1.29, 1.82) is 0 Å². The Morgan fingerprint density at radius 3 is 2.20 bits per heavy atom. The van der Waals surface area contributed by atoms with Crippen LogP contribution in [-0.2, 0) is 0 Å². The van der Waals surface area contributed by atoms with Crippen LogP contribution in [0.4, 0.5) is 0 Å². The molecule has 1 aromatic rings. The number of nitrogens with zero attached hydrogens (tertiary/aromatic N) is 1. The van der Waals surface area contributed by atoms with Crippen molar-refractivity contribution in [2.45, 2.75) is 57.7 Å². The minimum absolute atomic E-state index is 0. The van der Waals surface area contributed by atoms with Crippen LogP contribution in [-0.4, -0.2) is 29.3 Å². The molecule has 0 aromatic carbocycles. The Kier molecular flexibility index (Phi) is 5.27. The molecule has 1 saturated heterocycles. The Morgan fingerprint density at radius 2 is 1.65 bits per heavy atom. The van der Waals surface area contributed by atoms with Crippen LogP contribution in [0.5, 0.6) is 11.8 Å². The SMILES string of the molecule is COc1cccc(OC2CC(C)(C)NC(C)(C)C2)n1.Cl. The molecule has 1 aliphatic rings. The van der Waals surface area contributed by atoms with Gasteiger partial charge in [0, 0.05) is 36.1 Å². The van der Waals surface area contributed by atoms with Crippen molar-refractivity contribution in [3.63, 3.8) is 0 Å². The molecule has 0 amide bonds. The highest BCUT2D eigenvalue weighted by molar-refractivity contribution is 5.85. The van der Waals surface area contributed by atoms with E-state index in [-0.39, 0.29) is 29.6 Å². The zero-order valence-electron chi connectivity index (χ0n) is 12.9. The largest absolute Gasteiger partial charge is 0.481 e. The van der Waals surface area contributed by atoms with Gasteiger partial charge in [0.1, 0.15) is 6.10 Å². The highest BCUT2D eigenvalue weighted by Gasteiger charge is 2.38. The molecule has 4 nitrogen and oxygen atoms in total. The first-order valence-corrected chi connectivity index (χ1v) is 6.77. The van der Waals surface area contributed by atoms with Crippen molar-refractivity contribution in [2.75, 3.05) is 7.11 Å². The van der Waals surface area contributed by atoms with E-state index in [1.165, 1.54) is 0 Å². The molecule has 1 aliphatic heterocycles. The summed E-state index contributed by atoms with van der Waals surface area (Å²) >= 11 is 0. The summed E-state index contributed by atoms with van der Waals surface area (Å²) in [7, 11) is 1.61. The topological polar surface area (TPSA) is 43.4 Å². The van der Waals surface area contributed by atoms with Crippen molar-refractivity contribution in [2.24, 2.45) is 0 Å². The van der Waals surface area contributed by atoms with Crippen LogP contribution in [0, 0.1) is 0 Å². The van der Waals surface area contributed by atoms with Gasteiger partial charge < -0.3 is 14.8 Å². The zero-order valence-corrected chi connectivity index (χ0v) is 13.7. The van der Waals surface area contributed by atoms with Gasteiger partial charge in [0.05, 0.1) is 7.11 Å². The first-order valence-electron chi connectivity index (χ1n) is 6.77. The Bertz CT molecular complexity index is 433. The quantitative estimate of drug-likeness (QED) is 0.931. The Hall–Kier alpha value is -1.00. The molecule has 0 unspecified atom stereocenters. The van der Waals surface area contributed by atoms with Crippen molar-refractivity contribution in [3.8, 4) is 11.8 Å². The number of hydrogen-bond acceptors (Lipinski definition) is 4. The summed E-state index contributed by atoms with van der Waals surface area (Å²) in [5, 5.41) is 3.65. The van der Waals surface area contributed by atoms with Crippen LogP contribution in [0.1, 0.15) is 40.5 Å². The second kappa shape index (κ2) is 6.19. The molecule has 2 heterocycles. The highest BCUT2D eigenvalue weighted by atomic mass is 35.5. The number of methoxy groups -OCH3 is 1. The van der Waals surface area contributed by atoms with Gasteiger partial charge in [-0.2, -0.15) is 4.98 Å². The summed E-state index contributed by atoms with van der Waals surface area (Å²) < 4.78 is 11.2.